The van der Waals surface area contributed by atoms with Gasteiger partial charge in [-0.2, -0.15) is 0 Å². The van der Waals surface area contributed by atoms with Gasteiger partial charge in [-0.15, -0.1) is 0 Å². The Morgan fingerprint density at radius 1 is 1.03 bits per heavy atom. The maximum Gasteiger partial charge on any atom is 0.230 e. The molecule has 1 aliphatic rings. The second kappa shape index (κ2) is 9.62. The molecule has 0 aliphatic heterocycles. The van der Waals surface area contributed by atoms with E-state index in [1.54, 1.807) is 7.11 Å². The summed E-state index contributed by atoms with van der Waals surface area (Å²) in [4.78, 5) is 9.16. The summed E-state index contributed by atoms with van der Waals surface area (Å²) in [7, 11) is 1.63. The van der Waals surface area contributed by atoms with Gasteiger partial charge in [0.25, 0.3) is 0 Å². The number of benzene rings is 2. The summed E-state index contributed by atoms with van der Waals surface area (Å²) in [5, 5.41) is 9.84. The normalized spacial score (nSPS) is 13.5. The fraction of sp³-hybridized carbons (Fsp3) is 0.280. The number of methoxy groups -OCH3 is 1. The lowest BCUT2D eigenvalue weighted by Gasteiger charge is -2.20. The molecule has 6 nitrogen and oxygen atoms in total. The average Bonchev–Trinajstić information content (AvgIpc) is 2.81. The number of fused-ring (bicyclic) bond motifs is 1. The van der Waals surface area contributed by atoms with E-state index in [-0.39, 0.29) is 0 Å². The van der Waals surface area contributed by atoms with Crippen LogP contribution in [0, 0.1) is 6.92 Å². The zero-order chi connectivity index (χ0) is 21.6. The van der Waals surface area contributed by atoms with E-state index in [4.69, 9.17) is 9.47 Å². The molecule has 6 heteroatoms. The molecule has 0 fully saturated rings. The summed E-state index contributed by atoms with van der Waals surface area (Å²) in [6, 6.07) is 17.6. The first-order chi connectivity index (χ1) is 15.2. The lowest BCUT2D eigenvalue weighted by molar-refractivity contribution is 0.234. The molecule has 0 unspecified atom stereocenters. The number of nitrogens with zero attached hydrogens (tertiary/aromatic N) is 2. The van der Waals surface area contributed by atoms with Crippen molar-refractivity contribution in [2.24, 2.45) is 4.99 Å². The van der Waals surface area contributed by atoms with Crippen LogP contribution in [0.1, 0.15) is 40.8 Å². The van der Waals surface area contributed by atoms with E-state index in [2.05, 4.69) is 21.5 Å². The second-order valence-electron chi connectivity index (χ2n) is 7.60. The molecule has 0 saturated heterocycles. The average molecular weight is 418 g/mol. The van der Waals surface area contributed by atoms with E-state index in [0.717, 1.165) is 42.0 Å². The number of para-hydroxylation sites is 1. The van der Waals surface area contributed by atoms with E-state index in [0.29, 0.717) is 23.8 Å². The molecule has 31 heavy (non-hydrogen) atoms. The quantitative estimate of drug-likeness (QED) is 0.335. The maximum atomic E-state index is 9.84. The van der Waals surface area contributed by atoms with Crippen molar-refractivity contribution < 1.29 is 14.7 Å². The third kappa shape index (κ3) is 4.70. The van der Waals surface area contributed by atoms with Crippen LogP contribution >= 0.6 is 0 Å². The van der Waals surface area contributed by atoms with Gasteiger partial charge in [-0.3, -0.25) is 15.7 Å². The second-order valence-corrected chi connectivity index (χ2v) is 7.60. The molecule has 1 aromatic heterocycles. The van der Waals surface area contributed by atoms with Crippen molar-refractivity contribution in [2.45, 2.75) is 39.2 Å². The molecule has 1 heterocycles. The number of nitrogens with one attached hydrogen (secondary N) is 1. The lowest BCUT2D eigenvalue weighted by atomic mass is 9.91. The summed E-state index contributed by atoms with van der Waals surface area (Å²) in [5.74, 6) is 2.27. The Bertz CT molecular complexity index is 1100. The van der Waals surface area contributed by atoms with Gasteiger partial charge in [0.05, 0.1) is 19.2 Å². The van der Waals surface area contributed by atoms with E-state index < -0.39 is 0 Å². The highest BCUT2D eigenvalue weighted by Crippen LogP contribution is 2.33. The first-order valence-corrected chi connectivity index (χ1v) is 10.5. The molecule has 0 radical (unpaired) electrons. The maximum absolute atomic E-state index is 9.84. The molecule has 0 amide bonds. The number of aryl methyl sites for hydroxylation is 2. The number of pyridine rings is 1. The van der Waals surface area contributed by atoms with Crippen LogP contribution in [-0.4, -0.2) is 23.1 Å². The Morgan fingerprint density at radius 2 is 1.84 bits per heavy atom. The zero-order valence-electron chi connectivity index (χ0n) is 17.9. The van der Waals surface area contributed by atoms with Crippen molar-refractivity contribution in [2.75, 3.05) is 7.11 Å². The van der Waals surface area contributed by atoms with Crippen LogP contribution in [0.2, 0.25) is 0 Å². The van der Waals surface area contributed by atoms with Crippen molar-refractivity contribution in [3.8, 4) is 17.4 Å². The standard InChI is InChI=1S/C25H27N3O3/c1-17-14-15-21(24(28-29)26-16-19-9-4-6-12-22(19)30-2)25(27-17)31-23-13-7-10-18-8-3-5-11-20(18)23/h4,6-7,9-10,12-15,29H,3,5,8,11,16H2,1-2H3,(H,26,28). The van der Waals surface area contributed by atoms with E-state index in [9.17, 15) is 5.21 Å². The molecule has 0 saturated carbocycles. The van der Waals surface area contributed by atoms with Crippen molar-refractivity contribution in [1.29, 1.82) is 0 Å². The van der Waals surface area contributed by atoms with Crippen LogP contribution < -0.4 is 15.0 Å². The molecule has 0 spiro atoms. The smallest absolute Gasteiger partial charge is 0.230 e. The van der Waals surface area contributed by atoms with E-state index in [1.165, 1.54) is 17.5 Å². The molecule has 4 rings (SSSR count). The zero-order valence-corrected chi connectivity index (χ0v) is 17.9. The first-order valence-electron chi connectivity index (χ1n) is 10.5. The summed E-state index contributed by atoms with van der Waals surface area (Å²) in [6.45, 7) is 2.25. The van der Waals surface area contributed by atoms with Gasteiger partial charge >= 0.3 is 0 Å². The molecule has 160 valence electrons. The molecule has 3 aromatic rings. The minimum absolute atomic E-state index is 0.290. The topological polar surface area (TPSA) is 76.0 Å². The summed E-state index contributed by atoms with van der Waals surface area (Å²) < 4.78 is 11.7. The van der Waals surface area contributed by atoms with Gasteiger partial charge < -0.3 is 9.47 Å². The SMILES string of the molecule is COc1ccccc1CN=C(NO)c1ccc(C)nc1Oc1cccc2c1CCCC2. The Morgan fingerprint density at radius 3 is 2.68 bits per heavy atom. The largest absolute Gasteiger partial charge is 0.496 e. The predicted molar refractivity (Wildman–Crippen MR) is 120 cm³/mol. The van der Waals surface area contributed by atoms with Crippen LogP contribution in [-0.2, 0) is 19.4 Å². The van der Waals surface area contributed by atoms with Crippen LogP contribution in [0.15, 0.2) is 59.6 Å². The van der Waals surface area contributed by atoms with Gasteiger partial charge in [-0.05, 0) is 68.0 Å². The van der Waals surface area contributed by atoms with E-state index >= 15 is 0 Å². The fourth-order valence-corrected chi connectivity index (χ4v) is 3.92. The Hall–Kier alpha value is -3.38. The highest BCUT2D eigenvalue weighted by molar-refractivity contribution is 6.00. The number of ether oxygens (including phenoxy) is 2. The number of aromatic nitrogens is 1. The van der Waals surface area contributed by atoms with Crippen molar-refractivity contribution >= 4 is 5.84 Å². The number of hydrogen-bond acceptors (Lipinski definition) is 5. The molecular weight excluding hydrogens is 390 g/mol. The predicted octanol–water partition coefficient (Wildman–Crippen LogP) is 5.00. The third-order valence-electron chi connectivity index (χ3n) is 5.52. The third-order valence-corrected chi connectivity index (χ3v) is 5.52. The highest BCUT2D eigenvalue weighted by Gasteiger charge is 2.18. The Balaban J connectivity index is 1.67. The number of hydroxylamine groups is 1. The van der Waals surface area contributed by atoms with Crippen molar-refractivity contribution in [3.05, 3.63) is 82.5 Å². The van der Waals surface area contributed by atoms with Crippen molar-refractivity contribution in [3.63, 3.8) is 0 Å². The van der Waals surface area contributed by atoms with Gasteiger partial charge in [-0.1, -0.05) is 30.3 Å². The lowest BCUT2D eigenvalue weighted by Crippen LogP contribution is -2.22. The van der Waals surface area contributed by atoms with Crippen LogP contribution in [0.5, 0.6) is 17.4 Å². The number of aliphatic imine (C=N–C) groups is 1. The number of amidine groups is 1. The van der Waals surface area contributed by atoms with Gasteiger partial charge in [0.2, 0.25) is 5.88 Å². The van der Waals surface area contributed by atoms with Gasteiger partial charge in [0, 0.05) is 11.3 Å². The Kier molecular flexibility index (Phi) is 6.48. The van der Waals surface area contributed by atoms with Crippen LogP contribution in [0.4, 0.5) is 0 Å². The minimum atomic E-state index is 0.290. The molecule has 0 bridgehead atoms. The van der Waals surface area contributed by atoms with Crippen molar-refractivity contribution in [1.82, 2.24) is 10.5 Å². The van der Waals surface area contributed by atoms with Crippen LogP contribution in [0.3, 0.4) is 0 Å². The van der Waals surface area contributed by atoms with Gasteiger partial charge in [-0.25, -0.2) is 4.98 Å². The summed E-state index contributed by atoms with van der Waals surface area (Å²) in [5.41, 5.74) is 7.14. The van der Waals surface area contributed by atoms with E-state index in [1.807, 2.05) is 55.5 Å². The molecular formula is C25H27N3O3. The molecule has 2 aromatic carbocycles. The highest BCUT2D eigenvalue weighted by atomic mass is 16.5. The molecule has 0 atom stereocenters. The van der Waals surface area contributed by atoms with Gasteiger partial charge in [0.1, 0.15) is 11.5 Å². The molecule has 2 N–H and O–H groups in total. The number of rotatable bonds is 6. The van der Waals surface area contributed by atoms with Crippen LogP contribution in [0.25, 0.3) is 0 Å². The first kappa shape index (κ1) is 20.9. The minimum Gasteiger partial charge on any atom is -0.496 e. The van der Waals surface area contributed by atoms with Gasteiger partial charge in [0.15, 0.2) is 5.84 Å². The fourth-order valence-electron chi connectivity index (χ4n) is 3.92. The summed E-state index contributed by atoms with van der Waals surface area (Å²) in [6.07, 6.45) is 4.44. The monoisotopic (exact) mass is 417 g/mol. The number of hydrogen-bond donors (Lipinski definition) is 2. The summed E-state index contributed by atoms with van der Waals surface area (Å²) >= 11 is 0. The Labute approximate surface area is 182 Å². The molecule has 1 aliphatic carbocycles.